The van der Waals surface area contributed by atoms with Crippen molar-refractivity contribution in [2.75, 3.05) is 0 Å². The van der Waals surface area contributed by atoms with Gasteiger partial charge in [0.25, 0.3) is 0 Å². The van der Waals surface area contributed by atoms with E-state index in [4.69, 9.17) is 16.3 Å². The van der Waals surface area contributed by atoms with E-state index in [-0.39, 0.29) is 24.2 Å². The lowest BCUT2D eigenvalue weighted by molar-refractivity contribution is -0.148. The molecule has 0 amide bonds. The van der Waals surface area contributed by atoms with Crippen LogP contribution in [0.3, 0.4) is 0 Å². The molecular formula is C19H19ClF2O3. The summed E-state index contributed by atoms with van der Waals surface area (Å²) in [7, 11) is 0. The second kappa shape index (κ2) is 8.81. The van der Waals surface area contributed by atoms with Crippen molar-refractivity contribution in [2.24, 2.45) is 5.92 Å². The Morgan fingerprint density at radius 2 is 1.80 bits per heavy atom. The summed E-state index contributed by atoms with van der Waals surface area (Å²) in [4.78, 5) is 12.5. The zero-order chi connectivity index (χ0) is 18.4. The van der Waals surface area contributed by atoms with E-state index in [1.807, 2.05) is 13.8 Å². The van der Waals surface area contributed by atoms with Gasteiger partial charge < -0.3 is 9.47 Å². The van der Waals surface area contributed by atoms with Gasteiger partial charge in [0.05, 0.1) is 5.92 Å². The molecule has 0 N–H and O–H groups in total. The summed E-state index contributed by atoms with van der Waals surface area (Å²) in [5, 5.41) is 0.593. The Kier molecular flexibility index (Phi) is 6.76. The fraction of sp³-hybridized carbons (Fsp3) is 0.316. The van der Waals surface area contributed by atoms with Crippen LogP contribution in [0.15, 0.2) is 48.5 Å². The zero-order valence-corrected chi connectivity index (χ0v) is 14.7. The Bertz CT molecular complexity index is 702. The van der Waals surface area contributed by atoms with E-state index in [1.165, 1.54) is 12.1 Å². The van der Waals surface area contributed by atoms with Gasteiger partial charge in [0.2, 0.25) is 0 Å². The lowest BCUT2D eigenvalue weighted by atomic mass is 9.88. The van der Waals surface area contributed by atoms with Crippen LogP contribution < -0.4 is 4.74 Å². The van der Waals surface area contributed by atoms with Crippen LogP contribution in [0, 0.1) is 5.92 Å². The largest absolute Gasteiger partial charge is 0.460 e. The van der Waals surface area contributed by atoms with Crippen LogP contribution in [0.2, 0.25) is 5.02 Å². The van der Waals surface area contributed by atoms with E-state index in [1.54, 1.807) is 36.4 Å². The van der Waals surface area contributed by atoms with Crippen LogP contribution in [0.5, 0.6) is 5.75 Å². The molecule has 2 aromatic carbocycles. The Hall–Kier alpha value is -2.14. The molecule has 3 nitrogen and oxygen atoms in total. The molecule has 6 heteroatoms. The fourth-order valence-electron chi connectivity index (χ4n) is 2.52. The van der Waals surface area contributed by atoms with Gasteiger partial charge in [0.15, 0.2) is 0 Å². The monoisotopic (exact) mass is 368 g/mol. The third-order valence-electron chi connectivity index (χ3n) is 3.65. The van der Waals surface area contributed by atoms with Gasteiger partial charge in [-0.05, 0) is 41.3 Å². The molecule has 0 bridgehead atoms. The van der Waals surface area contributed by atoms with Gasteiger partial charge in [-0.1, -0.05) is 49.7 Å². The molecule has 0 aliphatic carbocycles. The molecule has 1 atom stereocenters. The first-order valence-corrected chi connectivity index (χ1v) is 8.20. The smallest absolute Gasteiger partial charge is 0.387 e. The molecular weight excluding hydrogens is 350 g/mol. The first-order valence-electron chi connectivity index (χ1n) is 7.82. The van der Waals surface area contributed by atoms with Gasteiger partial charge >= 0.3 is 12.6 Å². The number of carbonyl (C=O) groups excluding carboxylic acids is 1. The Labute approximate surface area is 150 Å². The third kappa shape index (κ3) is 5.71. The van der Waals surface area contributed by atoms with Crippen LogP contribution in [0.25, 0.3) is 0 Å². The minimum absolute atomic E-state index is 0.0178. The molecule has 0 aliphatic rings. The van der Waals surface area contributed by atoms with Crippen molar-refractivity contribution in [1.29, 1.82) is 0 Å². The van der Waals surface area contributed by atoms with Crippen molar-refractivity contribution >= 4 is 17.6 Å². The SMILES string of the molecule is CC(C)C(C(=O)OCc1cccc(OC(F)F)c1)c1ccc(Cl)cc1. The van der Waals surface area contributed by atoms with Gasteiger partial charge in [0.1, 0.15) is 12.4 Å². The number of hydrogen-bond acceptors (Lipinski definition) is 3. The normalized spacial score (nSPS) is 12.3. The number of benzene rings is 2. The van der Waals surface area contributed by atoms with Crippen LogP contribution in [0.1, 0.15) is 30.9 Å². The summed E-state index contributed by atoms with van der Waals surface area (Å²) >= 11 is 5.89. The third-order valence-corrected chi connectivity index (χ3v) is 3.91. The Morgan fingerprint density at radius 1 is 1.12 bits per heavy atom. The van der Waals surface area contributed by atoms with Gasteiger partial charge in [-0.25, -0.2) is 0 Å². The molecule has 0 spiro atoms. The number of alkyl halides is 2. The first kappa shape index (κ1) is 19.2. The van der Waals surface area contributed by atoms with E-state index < -0.39 is 12.5 Å². The summed E-state index contributed by atoms with van der Waals surface area (Å²) in [6.45, 7) is 0.943. The van der Waals surface area contributed by atoms with Crippen LogP contribution in [0.4, 0.5) is 8.78 Å². The average Bonchev–Trinajstić information content (AvgIpc) is 2.54. The van der Waals surface area contributed by atoms with Crippen molar-refractivity contribution in [3.8, 4) is 5.75 Å². The molecule has 25 heavy (non-hydrogen) atoms. The molecule has 0 aromatic heterocycles. The second-order valence-electron chi connectivity index (χ2n) is 5.91. The number of esters is 1. The molecule has 0 saturated carbocycles. The van der Waals surface area contributed by atoms with Gasteiger partial charge in [-0.15, -0.1) is 0 Å². The van der Waals surface area contributed by atoms with Crippen LogP contribution in [-0.4, -0.2) is 12.6 Å². The fourth-order valence-corrected chi connectivity index (χ4v) is 2.64. The highest BCUT2D eigenvalue weighted by Crippen LogP contribution is 2.27. The van der Waals surface area contributed by atoms with Crippen molar-refractivity contribution in [3.63, 3.8) is 0 Å². The summed E-state index contributed by atoms with van der Waals surface area (Å²) in [6.07, 6.45) is 0. The lowest BCUT2D eigenvalue weighted by Crippen LogP contribution is -2.20. The van der Waals surface area contributed by atoms with Crippen molar-refractivity contribution in [1.82, 2.24) is 0 Å². The standard InChI is InChI=1S/C19H19ClF2O3/c1-12(2)17(14-6-8-15(20)9-7-14)18(23)24-11-13-4-3-5-16(10-13)25-19(21)22/h3-10,12,17,19H,11H2,1-2H3. The molecule has 0 radical (unpaired) electrons. The molecule has 134 valence electrons. The van der Waals surface area contributed by atoms with E-state index in [2.05, 4.69) is 4.74 Å². The maximum absolute atomic E-state index is 12.5. The highest BCUT2D eigenvalue weighted by molar-refractivity contribution is 6.30. The Balaban J connectivity index is 2.05. The summed E-state index contributed by atoms with van der Waals surface area (Å²) < 4.78 is 34.2. The zero-order valence-electron chi connectivity index (χ0n) is 13.9. The van der Waals surface area contributed by atoms with E-state index in [9.17, 15) is 13.6 Å². The highest BCUT2D eigenvalue weighted by Gasteiger charge is 2.25. The highest BCUT2D eigenvalue weighted by atomic mass is 35.5. The van der Waals surface area contributed by atoms with Gasteiger partial charge in [-0.3, -0.25) is 4.79 Å². The maximum atomic E-state index is 12.5. The van der Waals surface area contributed by atoms with Gasteiger partial charge in [0, 0.05) is 5.02 Å². The summed E-state index contributed by atoms with van der Waals surface area (Å²) in [5.74, 6) is -0.751. The summed E-state index contributed by atoms with van der Waals surface area (Å²) in [6, 6.07) is 13.1. The van der Waals surface area contributed by atoms with Crippen molar-refractivity contribution in [2.45, 2.75) is 33.0 Å². The molecule has 2 aromatic rings. The first-order chi connectivity index (χ1) is 11.9. The van der Waals surface area contributed by atoms with Crippen molar-refractivity contribution in [3.05, 3.63) is 64.7 Å². The molecule has 0 heterocycles. The van der Waals surface area contributed by atoms with Crippen LogP contribution >= 0.6 is 11.6 Å². The van der Waals surface area contributed by atoms with E-state index in [0.717, 1.165) is 5.56 Å². The number of rotatable bonds is 7. The molecule has 0 saturated heterocycles. The number of ether oxygens (including phenoxy) is 2. The Morgan fingerprint density at radius 3 is 2.40 bits per heavy atom. The van der Waals surface area contributed by atoms with Crippen LogP contribution in [-0.2, 0) is 16.1 Å². The number of carbonyl (C=O) groups is 1. The molecule has 0 fully saturated rings. The van der Waals surface area contributed by atoms with E-state index >= 15 is 0 Å². The van der Waals surface area contributed by atoms with Crippen molar-refractivity contribution < 1.29 is 23.0 Å². The van der Waals surface area contributed by atoms with E-state index in [0.29, 0.717) is 10.6 Å². The molecule has 1 unspecified atom stereocenters. The maximum Gasteiger partial charge on any atom is 0.387 e. The molecule has 0 aliphatic heterocycles. The molecule has 2 rings (SSSR count). The minimum Gasteiger partial charge on any atom is -0.460 e. The predicted molar refractivity (Wildman–Crippen MR) is 91.9 cm³/mol. The minimum atomic E-state index is -2.90. The topological polar surface area (TPSA) is 35.5 Å². The van der Waals surface area contributed by atoms with Gasteiger partial charge in [-0.2, -0.15) is 8.78 Å². The predicted octanol–water partition coefficient (Wildman–Crippen LogP) is 5.42. The second-order valence-corrected chi connectivity index (χ2v) is 6.34. The summed E-state index contributed by atoms with van der Waals surface area (Å²) in [5.41, 5.74) is 1.39. The number of halogens is 3. The quantitative estimate of drug-likeness (QED) is 0.612. The lowest BCUT2D eigenvalue weighted by Gasteiger charge is -2.20. The number of hydrogen-bond donors (Lipinski definition) is 0. The average molecular weight is 369 g/mol.